The fraction of sp³-hybridized carbons (Fsp3) is 0.760. The normalized spacial score (nSPS) is 10.6. The van der Waals surface area contributed by atoms with Crippen LogP contribution in [0.1, 0.15) is 71.4 Å². The van der Waals surface area contributed by atoms with Crippen molar-refractivity contribution in [1.29, 1.82) is 0 Å². The Bertz CT molecular complexity index is 457. The van der Waals surface area contributed by atoms with Gasteiger partial charge in [-0.3, -0.25) is 0 Å². The molecule has 6 nitrogen and oxygen atoms in total. The Morgan fingerprint density at radius 3 is 1.09 bits per heavy atom. The van der Waals surface area contributed by atoms with Crippen molar-refractivity contribution in [2.45, 2.75) is 66.5 Å². The molecule has 1 aromatic rings. The van der Waals surface area contributed by atoms with Crippen LogP contribution in [0.5, 0.6) is 0 Å². The molecule has 1 atom stereocenters. The van der Waals surface area contributed by atoms with E-state index in [1.165, 1.54) is 11.1 Å². The summed E-state index contributed by atoms with van der Waals surface area (Å²) in [6.07, 6.45) is -0.676. The number of nitrogens with zero attached hydrogens (tertiary/aromatic N) is 5. The molecule has 0 aliphatic carbocycles. The smallest absolute Gasteiger partial charge is 0.668 e. The first kappa shape index (κ1) is 41.8. The van der Waals surface area contributed by atoms with Crippen LogP contribution in [0.3, 0.4) is 0 Å². The van der Waals surface area contributed by atoms with E-state index in [4.69, 9.17) is 0 Å². The zero-order chi connectivity index (χ0) is 25.6. The van der Waals surface area contributed by atoms with Gasteiger partial charge in [-0.15, -0.1) is 5.69 Å². The van der Waals surface area contributed by atoms with Crippen molar-refractivity contribution >= 4 is 5.69 Å². The van der Waals surface area contributed by atoms with Gasteiger partial charge in [0.2, 0.25) is 0 Å². The van der Waals surface area contributed by atoms with E-state index in [0.29, 0.717) is 11.8 Å². The number of aliphatic hydroxyl groups is 1. The molecule has 0 saturated heterocycles. The molecule has 0 heterocycles. The molecule has 1 unspecified atom stereocenters. The zero-order valence-electron chi connectivity index (χ0n) is 23.6. The fourth-order valence-electron chi connectivity index (χ4n) is 1.98. The molecule has 7 heteroatoms. The molecule has 32 heavy (non-hydrogen) atoms. The summed E-state index contributed by atoms with van der Waals surface area (Å²) in [5.74, 6) is 0.814. The Morgan fingerprint density at radius 1 is 0.656 bits per heavy atom. The van der Waals surface area contributed by atoms with Crippen LogP contribution in [-0.2, 0) is 22.4 Å². The van der Waals surface area contributed by atoms with Crippen LogP contribution in [-0.4, -0.2) is 67.7 Å². The van der Waals surface area contributed by atoms with E-state index in [2.05, 4.69) is 72.5 Å². The van der Waals surface area contributed by atoms with Gasteiger partial charge in [0.05, 0.1) is 0 Å². The van der Waals surface area contributed by atoms with Crippen molar-refractivity contribution < 1.29 is 27.5 Å². The largest absolute Gasteiger partial charge is 5.00 e. The molecule has 0 radical (unpaired) electrons. The van der Waals surface area contributed by atoms with E-state index < -0.39 is 6.23 Å². The third-order valence-electron chi connectivity index (χ3n) is 3.37. The molecule has 1 rings (SSSR count). The standard InChI is InChI=1S/C17H28NO.4C2H6N.Ta/c1-11(2)13-9-8-10-14(12(3)4)15(13)18-16(19)17(5,6)7;4*1-3-2;/h8-12,16,19H,1-7H3;4*1-2H3;/q5*-1;+5. The summed E-state index contributed by atoms with van der Waals surface area (Å²) in [7, 11) is 14.0. The quantitative estimate of drug-likeness (QED) is 0.366. The first-order valence-electron chi connectivity index (χ1n) is 10.7. The predicted octanol–water partition coefficient (Wildman–Crippen LogP) is 7.78. The first-order chi connectivity index (χ1) is 14.3. The summed E-state index contributed by atoms with van der Waals surface area (Å²) in [6, 6.07) is 6.32. The van der Waals surface area contributed by atoms with E-state index in [0.717, 1.165) is 5.69 Å². The average Bonchev–Trinajstić information content (AvgIpc) is 2.63. The van der Waals surface area contributed by atoms with Crippen molar-refractivity contribution in [2.24, 2.45) is 5.41 Å². The number of aliphatic hydroxyl groups excluding tert-OH is 1. The summed E-state index contributed by atoms with van der Waals surface area (Å²) in [5.41, 5.74) is 3.18. The van der Waals surface area contributed by atoms with Crippen molar-refractivity contribution in [2.75, 3.05) is 56.4 Å². The number of rotatable bonds is 4. The summed E-state index contributed by atoms with van der Waals surface area (Å²) in [4.78, 5) is 0. The molecular weight excluding hydrogens is 567 g/mol. The maximum Gasteiger partial charge on any atom is 5.00 e. The molecule has 1 N–H and O–H groups in total. The second-order valence-corrected chi connectivity index (χ2v) is 8.75. The van der Waals surface area contributed by atoms with Gasteiger partial charge in [0.25, 0.3) is 0 Å². The molecule has 188 valence electrons. The van der Waals surface area contributed by atoms with Crippen molar-refractivity contribution in [3.05, 3.63) is 55.9 Å². The number of benzene rings is 1. The van der Waals surface area contributed by atoms with Gasteiger partial charge in [0.15, 0.2) is 0 Å². The molecule has 0 aliphatic rings. The Labute approximate surface area is 217 Å². The van der Waals surface area contributed by atoms with Crippen LogP contribution in [0.15, 0.2) is 18.2 Å². The third kappa shape index (κ3) is 24.2. The van der Waals surface area contributed by atoms with Crippen LogP contribution in [0.4, 0.5) is 5.69 Å². The number of hydrogen-bond acceptors (Lipinski definition) is 1. The van der Waals surface area contributed by atoms with Crippen molar-refractivity contribution in [3.8, 4) is 0 Å². The van der Waals surface area contributed by atoms with Crippen molar-refractivity contribution in [3.63, 3.8) is 0 Å². The van der Waals surface area contributed by atoms with Gasteiger partial charge in [0.1, 0.15) is 0 Å². The molecule has 0 spiro atoms. The van der Waals surface area contributed by atoms with Crippen LogP contribution in [0, 0.1) is 5.41 Å². The van der Waals surface area contributed by atoms with Gasteiger partial charge in [-0.1, -0.05) is 77.8 Å². The summed E-state index contributed by atoms with van der Waals surface area (Å²) >= 11 is 0. The predicted molar refractivity (Wildman–Crippen MR) is 144 cm³/mol. The molecular formula is C25H52N5OTa. The minimum Gasteiger partial charge on any atom is -0.668 e. The SMILES string of the molecule is CC(C)c1cccc(C(C)C)c1[N-]C(O)C(C)(C)C.C[N-]C.C[N-]C.C[N-]C.C[N-]C.[Ta+5]. The van der Waals surface area contributed by atoms with Gasteiger partial charge in [-0.2, -0.15) is 56.4 Å². The maximum atomic E-state index is 10.3. The molecule has 1 aromatic carbocycles. The monoisotopic (exact) mass is 619 g/mol. The summed E-state index contributed by atoms with van der Waals surface area (Å²) in [5, 5.41) is 28.9. The topological polar surface area (TPSA) is 90.7 Å². The van der Waals surface area contributed by atoms with Gasteiger partial charge in [-0.05, 0) is 23.5 Å². The third-order valence-corrected chi connectivity index (χ3v) is 3.37. The second-order valence-electron chi connectivity index (χ2n) is 8.75. The second kappa shape index (κ2) is 26.8. The van der Waals surface area contributed by atoms with Crippen molar-refractivity contribution in [1.82, 2.24) is 0 Å². The van der Waals surface area contributed by atoms with E-state index in [1.807, 2.05) is 20.8 Å². The average molecular weight is 620 g/mol. The molecule has 0 amide bonds. The molecule has 0 aromatic heterocycles. The van der Waals surface area contributed by atoms with E-state index in [1.54, 1.807) is 56.4 Å². The van der Waals surface area contributed by atoms with E-state index >= 15 is 0 Å². The molecule has 0 aliphatic heterocycles. The summed E-state index contributed by atoms with van der Waals surface area (Å²) < 4.78 is 0. The van der Waals surface area contributed by atoms with Gasteiger partial charge in [-0.25, -0.2) is 0 Å². The minimum atomic E-state index is -0.676. The fourth-order valence-corrected chi connectivity index (χ4v) is 1.98. The first-order valence-corrected chi connectivity index (χ1v) is 10.7. The molecule has 0 fully saturated rings. The summed E-state index contributed by atoms with van der Waals surface area (Å²) in [6.45, 7) is 14.7. The van der Waals surface area contributed by atoms with E-state index in [9.17, 15) is 5.11 Å². The molecule has 0 bridgehead atoms. The van der Waals surface area contributed by atoms with Crippen LogP contribution < -0.4 is 0 Å². The zero-order valence-corrected chi connectivity index (χ0v) is 26.8. The Balaban J connectivity index is -0.000000156. The van der Waals surface area contributed by atoms with Gasteiger partial charge in [0, 0.05) is 0 Å². The Kier molecular flexibility index (Phi) is 35.0. The Hall–Kier alpha value is -0.440. The maximum absolute atomic E-state index is 10.3. The molecule has 0 saturated carbocycles. The van der Waals surface area contributed by atoms with Crippen LogP contribution in [0.2, 0.25) is 0 Å². The van der Waals surface area contributed by atoms with Gasteiger partial charge >= 0.3 is 22.4 Å². The van der Waals surface area contributed by atoms with Gasteiger partial charge < -0.3 is 31.7 Å². The number of para-hydroxylation sites is 1. The van der Waals surface area contributed by atoms with E-state index in [-0.39, 0.29) is 27.8 Å². The van der Waals surface area contributed by atoms with Crippen LogP contribution in [0.25, 0.3) is 26.6 Å². The Morgan fingerprint density at radius 2 is 0.906 bits per heavy atom. The van der Waals surface area contributed by atoms with Crippen LogP contribution >= 0.6 is 0 Å². The minimum absolute atomic E-state index is 0. The number of hydrogen-bond donors (Lipinski definition) is 1.